The first-order valence-electron chi connectivity index (χ1n) is 4.32. The maximum atomic E-state index is 11.4. The standard InChI is InChI=1S/C9H11N3O4.Y/c1-5-6(8(13)11-4-10-5)7(12-16-3)9(14)15-2;/h4H,1-3H3,(H,10,11,13);/b12-7+;. The summed E-state index contributed by atoms with van der Waals surface area (Å²) in [6, 6.07) is 0. The summed E-state index contributed by atoms with van der Waals surface area (Å²) in [5.41, 5.74) is 0.311. The van der Waals surface area contributed by atoms with Crippen molar-refractivity contribution in [2.75, 3.05) is 14.2 Å². The summed E-state index contributed by atoms with van der Waals surface area (Å²) in [4.78, 5) is 23.3. The molecule has 0 spiro atoms. The molecule has 0 fully saturated rings. The second-order valence-corrected chi connectivity index (χ2v) is 2.77. The summed E-state index contributed by atoms with van der Waals surface area (Å²) >= 11 is 0. The van der Waals surface area contributed by atoms with E-state index in [-0.39, 0.29) is 49.9 Å². The van der Waals surface area contributed by atoms with E-state index in [9.17, 15) is 9.90 Å². The van der Waals surface area contributed by atoms with Gasteiger partial charge in [-0.3, -0.25) is 0 Å². The molecular weight excluding hydrogens is 303 g/mol. The fraction of sp³-hybridized carbons (Fsp3) is 0.333. The van der Waals surface area contributed by atoms with Gasteiger partial charge in [-0.15, -0.1) is 0 Å². The molecule has 0 aromatic carbocycles. The van der Waals surface area contributed by atoms with Crippen molar-refractivity contribution in [3.05, 3.63) is 17.6 Å². The average Bonchev–Trinajstić information content (AvgIpc) is 2.26. The van der Waals surface area contributed by atoms with Crippen LogP contribution in [0.1, 0.15) is 11.3 Å². The van der Waals surface area contributed by atoms with Crippen molar-refractivity contribution in [2.45, 2.75) is 6.92 Å². The van der Waals surface area contributed by atoms with Crippen molar-refractivity contribution in [1.29, 1.82) is 0 Å². The molecule has 0 bridgehead atoms. The number of aromatic hydroxyl groups is 1. The number of hydrogen-bond donors (Lipinski definition) is 1. The van der Waals surface area contributed by atoms with Crippen molar-refractivity contribution in [3.8, 4) is 5.88 Å². The molecule has 17 heavy (non-hydrogen) atoms. The van der Waals surface area contributed by atoms with Gasteiger partial charge in [0.1, 0.15) is 13.4 Å². The van der Waals surface area contributed by atoms with Gasteiger partial charge in [0.2, 0.25) is 11.6 Å². The molecule has 0 aliphatic rings. The fourth-order valence-corrected chi connectivity index (χ4v) is 1.11. The number of nitrogens with zero attached hydrogens (tertiary/aromatic N) is 3. The van der Waals surface area contributed by atoms with Gasteiger partial charge in [0.25, 0.3) is 0 Å². The van der Waals surface area contributed by atoms with E-state index in [2.05, 4.69) is 24.7 Å². The van der Waals surface area contributed by atoms with Gasteiger partial charge < -0.3 is 14.7 Å². The Morgan fingerprint density at radius 1 is 1.41 bits per heavy atom. The Balaban J connectivity index is 0.00000256. The molecule has 0 aliphatic heterocycles. The SMILES string of the molecule is CO/N=C(/C(=O)OC)c1c(C)ncnc1O.[Y]. The Hall–Kier alpha value is -1.08. The maximum Gasteiger partial charge on any atom is 0.361 e. The van der Waals surface area contributed by atoms with Gasteiger partial charge in [0, 0.05) is 32.7 Å². The zero-order chi connectivity index (χ0) is 12.1. The van der Waals surface area contributed by atoms with Crippen LogP contribution in [0, 0.1) is 6.92 Å². The molecule has 0 unspecified atom stereocenters. The van der Waals surface area contributed by atoms with Crippen molar-refractivity contribution in [2.24, 2.45) is 5.16 Å². The summed E-state index contributed by atoms with van der Waals surface area (Å²) < 4.78 is 4.51. The van der Waals surface area contributed by atoms with Crippen LogP contribution in [0.15, 0.2) is 11.5 Å². The monoisotopic (exact) mass is 314 g/mol. The van der Waals surface area contributed by atoms with Crippen LogP contribution in [0.5, 0.6) is 5.88 Å². The molecule has 0 saturated heterocycles. The Bertz CT molecular complexity index is 416. The smallest absolute Gasteiger partial charge is 0.361 e. The maximum absolute atomic E-state index is 11.4. The zero-order valence-corrected chi connectivity index (χ0v) is 12.5. The van der Waals surface area contributed by atoms with Gasteiger partial charge in [-0.1, -0.05) is 5.16 Å². The minimum atomic E-state index is -0.741. The number of esters is 1. The van der Waals surface area contributed by atoms with E-state index < -0.39 is 5.97 Å². The molecule has 0 atom stereocenters. The molecular formula is C9H11N3O4Y. The number of hydrogen-bond acceptors (Lipinski definition) is 7. The van der Waals surface area contributed by atoms with E-state index in [0.29, 0.717) is 5.69 Å². The van der Waals surface area contributed by atoms with Crippen LogP contribution in [-0.4, -0.2) is 41.0 Å². The Morgan fingerprint density at radius 2 is 2.06 bits per heavy atom. The predicted octanol–water partition coefficient (Wildman–Crippen LogP) is 0.0116. The Morgan fingerprint density at radius 3 is 2.53 bits per heavy atom. The first-order valence-corrected chi connectivity index (χ1v) is 4.32. The van der Waals surface area contributed by atoms with Crippen LogP contribution in [0.4, 0.5) is 0 Å². The number of ether oxygens (including phenoxy) is 1. The number of rotatable bonds is 3. The number of aryl methyl sites for hydroxylation is 1. The van der Waals surface area contributed by atoms with Gasteiger partial charge in [-0.05, 0) is 6.92 Å². The molecule has 0 saturated carbocycles. The van der Waals surface area contributed by atoms with Gasteiger partial charge in [-0.2, -0.15) is 0 Å². The van der Waals surface area contributed by atoms with E-state index in [4.69, 9.17) is 0 Å². The summed E-state index contributed by atoms with van der Waals surface area (Å²) in [7, 11) is 2.48. The quantitative estimate of drug-likeness (QED) is 0.480. The molecule has 1 rings (SSSR count). The van der Waals surface area contributed by atoms with Crippen LogP contribution >= 0.6 is 0 Å². The van der Waals surface area contributed by atoms with Crippen molar-refractivity contribution in [3.63, 3.8) is 0 Å². The second-order valence-electron chi connectivity index (χ2n) is 2.77. The fourth-order valence-electron chi connectivity index (χ4n) is 1.11. The second kappa shape index (κ2) is 7.29. The summed E-state index contributed by atoms with van der Waals surface area (Å²) in [6.45, 7) is 1.60. The zero-order valence-electron chi connectivity index (χ0n) is 9.67. The number of oxime groups is 1. The van der Waals surface area contributed by atoms with Gasteiger partial charge >= 0.3 is 5.97 Å². The van der Waals surface area contributed by atoms with Gasteiger partial charge in [-0.25, -0.2) is 14.8 Å². The average molecular weight is 314 g/mol. The molecule has 89 valence electrons. The third kappa shape index (κ3) is 3.71. The van der Waals surface area contributed by atoms with Crippen LogP contribution < -0.4 is 0 Å². The number of carbonyl (C=O) groups is 1. The molecule has 1 aromatic rings. The molecule has 0 amide bonds. The third-order valence-electron chi connectivity index (χ3n) is 1.81. The largest absolute Gasteiger partial charge is 0.493 e. The Kier molecular flexibility index (Phi) is 6.83. The minimum Gasteiger partial charge on any atom is -0.493 e. The van der Waals surface area contributed by atoms with E-state index in [1.54, 1.807) is 6.92 Å². The molecule has 0 aliphatic carbocycles. The molecule has 1 radical (unpaired) electrons. The number of aromatic nitrogens is 2. The molecule has 7 nitrogen and oxygen atoms in total. The van der Waals surface area contributed by atoms with Gasteiger partial charge in [0.05, 0.1) is 18.4 Å². The van der Waals surface area contributed by atoms with E-state index in [1.807, 2.05) is 0 Å². The van der Waals surface area contributed by atoms with Gasteiger partial charge in [0.15, 0.2) is 0 Å². The van der Waals surface area contributed by atoms with E-state index in [1.165, 1.54) is 20.5 Å². The van der Waals surface area contributed by atoms with Crippen LogP contribution in [0.2, 0.25) is 0 Å². The van der Waals surface area contributed by atoms with Crippen molar-refractivity contribution < 1.29 is 52.2 Å². The molecule has 1 aromatic heterocycles. The van der Waals surface area contributed by atoms with E-state index >= 15 is 0 Å². The van der Waals surface area contributed by atoms with E-state index in [0.717, 1.165) is 0 Å². The number of carbonyl (C=O) groups excluding carboxylic acids is 1. The topological polar surface area (TPSA) is 93.9 Å². The molecule has 1 heterocycles. The third-order valence-corrected chi connectivity index (χ3v) is 1.81. The minimum absolute atomic E-state index is 0. The Labute approximate surface area is 123 Å². The predicted molar refractivity (Wildman–Crippen MR) is 54.0 cm³/mol. The summed E-state index contributed by atoms with van der Waals surface area (Å²) in [6.07, 6.45) is 1.18. The normalized spacial score (nSPS) is 10.4. The van der Waals surface area contributed by atoms with Crippen molar-refractivity contribution >= 4 is 11.7 Å². The van der Waals surface area contributed by atoms with Crippen molar-refractivity contribution in [1.82, 2.24) is 9.97 Å². The molecule has 1 N–H and O–H groups in total. The first kappa shape index (κ1) is 15.9. The van der Waals surface area contributed by atoms with Crippen LogP contribution in [0.25, 0.3) is 0 Å². The molecule has 8 heteroatoms. The van der Waals surface area contributed by atoms with Crippen LogP contribution in [-0.2, 0) is 47.1 Å². The summed E-state index contributed by atoms with van der Waals surface area (Å²) in [5, 5.41) is 13.0. The first-order chi connectivity index (χ1) is 7.61. The van der Waals surface area contributed by atoms with Crippen LogP contribution in [0.3, 0.4) is 0 Å². The summed E-state index contributed by atoms with van der Waals surface area (Å²) in [5.74, 6) is -1.09. The number of methoxy groups -OCH3 is 1.